The zero-order valence-corrected chi connectivity index (χ0v) is 29.8. The van der Waals surface area contributed by atoms with Gasteiger partial charge in [0, 0.05) is 33.8 Å². The highest BCUT2D eigenvalue weighted by Crippen LogP contribution is 2.45. The fourth-order valence-corrected chi connectivity index (χ4v) is 6.84. The van der Waals surface area contributed by atoms with Gasteiger partial charge in [-0.2, -0.15) is 4.98 Å². The number of phenolic OH excluding ortho intramolecular Hbond substituents is 1. The van der Waals surface area contributed by atoms with E-state index in [1.165, 1.54) is 0 Å². The van der Waals surface area contributed by atoms with Crippen LogP contribution in [0.3, 0.4) is 0 Å². The maximum absolute atomic E-state index is 11.9. The van der Waals surface area contributed by atoms with Crippen LogP contribution in [0.25, 0.3) is 55.5 Å². The first-order valence-electron chi connectivity index (χ1n) is 17.3. The number of fused-ring (bicyclic) bond motifs is 4. The van der Waals surface area contributed by atoms with Crippen LogP contribution in [0, 0.1) is 0 Å². The molecule has 8 aromatic rings. The minimum absolute atomic E-state index is 0.167. The lowest BCUT2D eigenvalue weighted by Gasteiger charge is -2.27. The normalized spacial score (nSPS) is 12.2. The van der Waals surface area contributed by atoms with Gasteiger partial charge < -0.3 is 9.52 Å². The number of anilines is 3. The molecule has 6 nitrogen and oxygen atoms in total. The van der Waals surface area contributed by atoms with Gasteiger partial charge in [-0.25, -0.2) is 9.97 Å². The topological polar surface area (TPSA) is 75.3 Å². The number of aromatic hydroxyl groups is 1. The molecule has 252 valence electrons. The maximum Gasteiger partial charge on any atom is 0.231 e. The molecule has 1 N–H and O–H groups in total. The molecule has 3 heterocycles. The predicted octanol–water partition coefficient (Wildman–Crippen LogP) is 12.0. The lowest BCUT2D eigenvalue weighted by molar-refractivity contribution is 0.446. The Bertz CT molecular complexity index is 2570. The van der Waals surface area contributed by atoms with Crippen LogP contribution in [0.4, 0.5) is 17.2 Å². The van der Waals surface area contributed by atoms with Crippen molar-refractivity contribution in [2.24, 2.45) is 0 Å². The van der Waals surface area contributed by atoms with E-state index in [-0.39, 0.29) is 16.6 Å². The summed E-state index contributed by atoms with van der Waals surface area (Å²) in [5, 5.41) is 15.9. The van der Waals surface area contributed by atoms with Crippen molar-refractivity contribution in [2.45, 2.75) is 52.4 Å². The molecular weight excluding hydrogens is 629 g/mol. The highest BCUT2D eigenvalue weighted by Gasteiger charge is 2.28. The molecule has 8 rings (SSSR count). The van der Waals surface area contributed by atoms with Gasteiger partial charge in [0.2, 0.25) is 5.71 Å². The summed E-state index contributed by atoms with van der Waals surface area (Å²) >= 11 is 0. The zero-order chi connectivity index (χ0) is 35.5. The second-order valence-corrected chi connectivity index (χ2v) is 15.2. The highest BCUT2D eigenvalue weighted by atomic mass is 16.3. The van der Waals surface area contributed by atoms with E-state index in [4.69, 9.17) is 19.4 Å². The van der Waals surface area contributed by atoms with Crippen LogP contribution in [-0.4, -0.2) is 20.1 Å². The minimum atomic E-state index is -0.308. The van der Waals surface area contributed by atoms with E-state index in [1.807, 2.05) is 54.7 Å². The summed E-state index contributed by atoms with van der Waals surface area (Å²) < 4.78 is 6.42. The number of rotatable bonds is 5. The van der Waals surface area contributed by atoms with E-state index in [2.05, 4.69) is 119 Å². The summed E-state index contributed by atoms with van der Waals surface area (Å²) in [6.07, 6.45) is 1.82. The summed E-state index contributed by atoms with van der Waals surface area (Å²) in [5.41, 5.74) is 6.80. The molecule has 0 atom stereocenters. The van der Waals surface area contributed by atoms with Crippen molar-refractivity contribution in [1.29, 1.82) is 0 Å². The summed E-state index contributed by atoms with van der Waals surface area (Å²) in [6, 6.07) is 41.2. The minimum Gasteiger partial charge on any atom is -0.507 e. The lowest BCUT2D eigenvalue weighted by Crippen LogP contribution is -2.17. The summed E-state index contributed by atoms with van der Waals surface area (Å²) in [7, 11) is 0. The Balaban J connectivity index is 1.40. The van der Waals surface area contributed by atoms with Gasteiger partial charge in [-0.1, -0.05) is 120 Å². The van der Waals surface area contributed by atoms with Gasteiger partial charge in [-0.3, -0.25) is 4.90 Å². The van der Waals surface area contributed by atoms with Crippen LogP contribution < -0.4 is 4.90 Å². The van der Waals surface area contributed by atoms with E-state index in [9.17, 15) is 5.11 Å². The fourth-order valence-electron chi connectivity index (χ4n) is 6.84. The number of benzene rings is 5. The molecule has 0 radical (unpaired) electrons. The maximum atomic E-state index is 11.9. The summed E-state index contributed by atoms with van der Waals surface area (Å²) in [6.45, 7) is 12.9. The van der Waals surface area contributed by atoms with Crippen molar-refractivity contribution in [3.8, 4) is 28.4 Å². The van der Waals surface area contributed by atoms with Crippen LogP contribution in [0.15, 0.2) is 132 Å². The molecule has 0 aliphatic carbocycles. The third kappa shape index (κ3) is 5.77. The Morgan fingerprint density at radius 1 is 0.667 bits per heavy atom. The summed E-state index contributed by atoms with van der Waals surface area (Å²) in [4.78, 5) is 17.3. The predicted molar refractivity (Wildman–Crippen MR) is 209 cm³/mol. The van der Waals surface area contributed by atoms with E-state index < -0.39 is 0 Å². The van der Waals surface area contributed by atoms with E-state index in [0.717, 1.165) is 66.7 Å². The van der Waals surface area contributed by atoms with Crippen LogP contribution in [-0.2, 0) is 10.8 Å². The molecule has 3 aromatic heterocycles. The molecule has 0 fully saturated rings. The molecular formula is C45H40N4O2. The Labute approximate surface area is 298 Å². The second-order valence-electron chi connectivity index (χ2n) is 15.2. The van der Waals surface area contributed by atoms with Crippen LogP contribution in [0.5, 0.6) is 5.75 Å². The van der Waals surface area contributed by atoms with Crippen molar-refractivity contribution in [3.05, 3.63) is 139 Å². The molecule has 0 aliphatic heterocycles. The zero-order valence-electron chi connectivity index (χ0n) is 29.8. The number of nitrogens with zero attached hydrogens (tertiary/aromatic N) is 4. The van der Waals surface area contributed by atoms with Crippen molar-refractivity contribution >= 4 is 50.0 Å². The fraction of sp³-hybridized carbons (Fsp3) is 0.178. The smallest absolute Gasteiger partial charge is 0.231 e. The number of hydrogen-bond acceptors (Lipinski definition) is 6. The largest absolute Gasteiger partial charge is 0.507 e. The van der Waals surface area contributed by atoms with Crippen LogP contribution >= 0.6 is 0 Å². The molecule has 0 spiro atoms. The molecule has 0 bridgehead atoms. The SMILES string of the molecule is CC(C)(C)c1cc(-c2nc(-c3cccc(N(c4ccccn4)c4cccc5ccccc45)c3)c3c(n2)oc2ccccc23)c(O)c(C(C)(C)C)c1. The highest BCUT2D eigenvalue weighted by molar-refractivity contribution is 6.11. The molecule has 5 aromatic carbocycles. The van der Waals surface area contributed by atoms with Gasteiger partial charge >= 0.3 is 0 Å². The second kappa shape index (κ2) is 12.1. The third-order valence-corrected chi connectivity index (χ3v) is 9.53. The monoisotopic (exact) mass is 668 g/mol. The first-order chi connectivity index (χ1) is 24.5. The molecule has 0 unspecified atom stereocenters. The van der Waals surface area contributed by atoms with Gasteiger partial charge in [-0.15, -0.1) is 0 Å². The van der Waals surface area contributed by atoms with Crippen molar-refractivity contribution in [2.75, 3.05) is 4.90 Å². The number of para-hydroxylation sites is 1. The van der Waals surface area contributed by atoms with Gasteiger partial charge in [-0.05, 0) is 64.2 Å². The Morgan fingerprint density at radius 2 is 1.39 bits per heavy atom. The Morgan fingerprint density at radius 3 is 2.16 bits per heavy atom. The van der Waals surface area contributed by atoms with Crippen molar-refractivity contribution in [1.82, 2.24) is 15.0 Å². The average molecular weight is 669 g/mol. The number of furan rings is 1. The molecule has 0 aliphatic rings. The van der Waals surface area contributed by atoms with Crippen LogP contribution in [0.1, 0.15) is 52.7 Å². The number of phenols is 1. The molecule has 0 saturated heterocycles. The Kier molecular flexibility index (Phi) is 7.64. The van der Waals surface area contributed by atoms with Crippen molar-refractivity contribution < 1.29 is 9.52 Å². The number of pyridine rings is 1. The lowest BCUT2D eigenvalue weighted by atomic mass is 9.79. The van der Waals surface area contributed by atoms with E-state index in [0.29, 0.717) is 17.1 Å². The summed E-state index contributed by atoms with van der Waals surface area (Å²) in [5.74, 6) is 1.39. The van der Waals surface area contributed by atoms with Gasteiger partial charge in [0.25, 0.3) is 0 Å². The van der Waals surface area contributed by atoms with E-state index >= 15 is 0 Å². The Hall–Kier alpha value is -6.01. The van der Waals surface area contributed by atoms with Gasteiger partial charge in [0.15, 0.2) is 5.82 Å². The molecule has 6 heteroatoms. The van der Waals surface area contributed by atoms with Gasteiger partial charge in [0.1, 0.15) is 17.2 Å². The van der Waals surface area contributed by atoms with E-state index in [1.54, 1.807) is 0 Å². The number of hydrogen-bond donors (Lipinski definition) is 1. The number of aromatic nitrogens is 3. The first kappa shape index (κ1) is 32.2. The van der Waals surface area contributed by atoms with Gasteiger partial charge in [0.05, 0.1) is 22.3 Å². The standard InChI is InChI=1S/C45H40N4O2/c1-44(2,3)30-26-34(41(50)35(27-30)45(4,5)6)42-47-40(39-33-20-9-10-22-37(33)51-43(39)48-42)29-17-13-18-31(25-29)49(38-23-11-12-24-46-38)36-21-14-16-28-15-7-8-19-32(28)36/h7-27,50H,1-6H3. The first-order valence-corrected chi connectivity index (χ1v) is 17.3. The van der Waals surface area contributed by atoms with Crippen LogP contribution in [0.2, 0.25) is 0 Å². The molecule has 0 saturated carbocycles. The molecule has 0 amide bonds. The quantitative estimate of drug-likeness (QED) is 0.197. The third-order valence-electron chi connectivity index (χ3n) is 9.53. The molecule has 51 heavy (non-hydrogen) atoms. The average Bonchev–Trinajstić information content (AvgIpc) is 3.50. The van der Waals surface area contributed by atoms with Crippen molar-refractivity contribution in [3.63, 3.8) is 0 Å².